The van der Waals surface area contributed by atoms with E-state index >= 15 is 0 Å². The molecule has 1 aliphatic rings. The summed E-state index contributed by atoms with van der Waals surface area (Å²) in [4.78, 5) is 12.0. The summed E-state index contributed by atoms with van der Waals surface area (Å²) >= 11 is 0. The van der Waals surface area contributed by atoms with Crippen LogP contribution in [0.25, 0.3) is 0 Å². The number of methoxy groups -OCH3 is 1. The SMILES string of the molecule is COCCOc1ccc(NC(=O)CC2(N)CCCC2)cc1. The van der Waals surface area contributed by atoms with Crippen molar-refractivity contribution in [2.24, 2.45) is 5.73 Å². The summed E-state index contributed by atoms with van der Waals surface area (Å²) in [5.41, 5.74) is 6.67. The van der Waals surface area contributed by atoms with Crippen LogP contribution in [0.4, 0.5) is 5.69 Å². The van der Waals surface area contributed by atoms with Gasteiger partial charge in [0.2, 0.25) is 5.91 Å². The maximum atomic E-state index is 12.0. The standard InChI is InChI=1S/C16H24N2O3/c1-20-10-11-21-14-6-4-13(5-7-14)18-15(19)12-16(17)8-2-3-9-16/h4-7H,2-3,8-12,17H2,1H3,(H,18,19). The highest BCUT2D eigenvalue weighted by molar-refractivity contribution is 5.91. The molecule has 1 fully saturated rings. The van der Waals surface area contributed by atoms with Crippen LogP contribution in [0.15, 0.2) is 24.3 Å². The molecule has 0 aromatic heterocycles. The Morgan fingerprint density at radius 1 is 1.24 bits per heavy atom. The molecule has 0 heterocycles. The van der Waals surface area contributed by atoms with Gasteiger partial charge in [-0.1, -0.05) is 12.8 Å². The predicted molar refractivity (Wildman–Crippen MR) is 82.4 cm³/mol. The predicted octanol–water partition coefficient (Wildman–Crippen LogP) is 2.31. The molecule has 0 spiro atoms. The first-order valence-corrected chi connectivity index (χ1v) is 7.42. The summed E-state index contributed by atoms with van der Waals surface area (Å²) < 4.78 is 10.4. The number of carbonyl (C=O) groups is 1. The first-order chi connectivity index (χ1) is 10.1. The fourth-order valence-electron chi connectivity index (χ4n) is 2.66. The number of amides is 1. The van der Waals surface area contributed by atoms with Crippen LogP contribution in [0.1, 0.15) is 32.1 Å². The van der Waals surface area contributed by atoms with Crippen LogP contribution in [0, 0.1) is 0 Å². The maximum absolute atomic E-state index is 12.0. The molecule has 1 aromatic carbocycles. The largest absolute Gasteiger partial charge is 0.491 e. The minimum absolute atomic E-state index is 0.0209. The van der Waals surface area contributed by atoms with Crippen molar-refractivity contribution < 1.29 is 14.3 Å². The minimum Gasteiger partial charge on any atom is -0.491 e. The Labute approximate surface area is 125 Å². The summed E-state index contributed by atoms with van der Waals surface area (Å²) in [7, 11) is 1.64. The number of ether oxygens (including phenoxy) is 2. The Hall–Kier alpha value is -1.59. The molecule has 5 heteroatoms. The molecule has 0 bridgehead atoms. The van der Waals surface area contributed by atoms with Gasteiger partial charge in [-0.25, -0.2) is 0 Å². The molecule has 1 aliphatic carbocycles. The summed E-state index contributed by atoms with van der Waals surface area (Å²) in [5, 5.41) is 2.89. The first-order valence-electron chi connectivity index (χ1n) is 7.42. The van der Waals surface area contributed by atoms with E-state index < -0.39 is 0 Å². The molecule has 1 aromatic rings. The molecule has 0 atom stereocenters. The number of nitrogens with two attached hydrogens (primary N) is 1. The van der Waals surface area contributed by atoms with E-state index in [0.717, 1.165) is 37.1 Å². The summed E-state index contributed by atoms with van der Waals surface area (Å²) in [6.07, 6.45) is 4.51. The molecule has 2 rings (SSSR count). The van der Waals surface area contributed by atoms with E-state index in [2.05, 4.69) is 5.32 Å². The molecule has 1 amide bonds. The van der Waals surface area contributed by atoms with Crippen molar-refractivity contribution in [3.05, 3.63) is 24.3 Å². The van der Waals surface area contributed by atoms with E-state index in [0.29, 0.717) is 19.6 Å². The molecular weight excluding hydrogens is 268 g/mol. The van der Waals surface area contributed by atoms with Gasteiger partial charge in [0.15, 0.2) is 0 Å². The third kappa shape index (κ3) is 5.02. The fourth-order valence-corrected chi connectivity index (χ4v) is 2.66. The normalized spacial score (nSPS) is 16.7. The van der Waals surface area contributed by atoms with E-state index in [1.54, 1.807) is 7.11 Å². The minimum atomic E-state index is -0.312. The van der Waals surface area contributed by atoms with E-state index in [9.17, 15) is 4.79 Å². The number of anilines is 1. The second-order valence-electron chi connectivity index (χ2n) is 5.66. The Balaban J connectivity index is 1.80. The smallest absolute Gasteiger partial charge is 0.226 e. The zero-order chi connectivity index (χ0) is 15.1. The van der Waals surface area contributed by atoms with Crippen LogP contribution in [-0.4, -0.2) is 31.8 Å². The van der Waals surface area contributed by atoms with Gasteiger partial charge in [0.05, 0.1) is 6.61 Å². The number of nitrogens with one attached hydrogen (secondary N) is 1. The maximum Gasteiger partial charge on any atom is 0.226 e. The van der Waals surface area contributed by atoms with Gasteiger partial charge in [-0.3, -0.25) is 4.79 Å². The molecule has 0 saturated heterocycles. The summed E-state index contributed by atoms with van der Waals surface area (Å²) in [6.45, 7) is 1.06. The molecule has 21 heavy (non-hydrogen) atoms. The fraction of sp³-hybridized carbons (Fsp3) is 0.562. The van der Waals surface area contributed by atoms with Crippen molar-refractivity contribution in [1.29, 1.82) is 0 Å². The van der Waals surface area contributed by atoms with Crippen LogP contribution in [-0.2, 0) is 9.53 Å². The second-order valence-corrected chi connectivity index (χ2v) is 5.66. The molecular formula is C16H24N2O3. The lowest BCUT2D eigenvalue weighted by Crippen LogP contribution is -2.40. The van der Waals surface area contributed by atoms with Gasteiger partial charge >= 0.3 is 0 Å². The molecule has 3 N–H and O–H groups in total. The van der Waals surface area contributed by atoms with Gasteiger partial charge in [0.1, 0.15) is 12.4 Å². The summed E-state index contributed by atoms with van der Waals surface area (Å²) in [6, 6.07) is 7.33. The van der Waals surface area contributed by atoms with Gasteiger partial charge in [-0.2, -0.15) is 0 Å². The average molecular weight is 292 g/mol. The van der Waals surface area contributed by atoms with Gasteiger partial charge in [0.25, 0.3) is 0 Å². The van der Waals surface area contributed by atoms with E-state index in [1.807, 2.05) is 24.3 Å². The van der Waals surface area contributed by atoms with E-state index in [1.165, 1.54) is 0 Å². The highest BCUT2D eigenvalue weighted by Gasteiger charge is 2.31. The van der Waals surface area contributed by atoms with Crippen molar-refractivity contribution in [2.45, 2.75) is 37.6 Å². The monoisotopic (exact) mass is 292 g/mol. The van der Waals surface area contributed by atoms with Crippen molar-refractivity contribution in [1.82, 2.24) is 0 Å². The Morgan fingerprint density at radius 3 is 2.52 bits per heavy atom. The number of hydrogen-bond acceptors (Lipinski definition) is 4. The third-order valence-electron chi connectivity index (χ3n) is 3.81. The van der Waals surface area contributed by atoms with Crippen molar-refractivity contribution >= 4 is 11.6 Å². The third-order valence-corrected chi connectivity index (χ3v) is 3.81. The van der Waals surface area contributed by atoms with E-state index in [4.69, 9.17) is 15.2 Å². The van der Waals surface area contributed by atoms with Crippen molar-refractivity contribution in [2.75, 3.05) is 25.6 Å². The van der Waals surface area contributed by atoms with E-state index in [-0.39, 0.29) is 11.4 Å². The molecule has 1 saturated carbocycles. The molecule has 0 radical (unpaired) electrons. The number of hydrogen-bond donors (Lipinski definition) is 2. The zero-order valence-electron chi connectivity index (χ0n) is 12.6. The lowest BCUT2D eigenvalue weighted by molar-refractivity contribution is -0.117. The molecule has 0 unspecified atom stereocenters. The van der Waals surface area contributed by atoms with Crippen molar-refractivity contribution in [3.63, 3.8) is 0 Å². The quantitative estimate of drug-likeness (QED) is 0.756. The Morgan fingerprint density at radius 2 is 1.90 bits per heavy atom. The van der Waals surface area contributed by atoms with Gasteiger partial charge in [-0.15, -0.1) is 0 Å². The van der Waals surface area contributed by atoms with Crippen molar-refractivity contribution in [3.8, 4) is 5.75 Å². The second kappa shape index (κ2) is 7.43. The van der Waals surface area contributed by atoms with Gasteiger partial charge in [-0.05, 0) is 37.1 Å². The Bertz CT molecular complexity index is 453. The molecule has 5 nitrogen and oxygen atoms in total. The summed E-state index contributed by atoms with van der Waals surface area (Å²) in [5.74, 6) is 0.739. The van der Waals surface area contributed by atoms with Gasteiger partial charge in [0, 0.05) is 24.8 Å². The van der Waals surface area contributed by atoms with Gasteiger partial charge < -0.3 is 20.5 Å². The topological polar surface area (TPSA) is 73.6 Å². The zero-order valence-corrected chi connectivity index (χ0v) is 12.6. The molecule has 0 aliphatic heterocycles. The average Bonchev–Trinajstić information content (AvgIpc) is 2.87. The van der Waals surface area contributed by atoms with Crippen LogP contribution < -0.4 is 15.8 Å². The number of rotatable bonds is 7. The molecule has 116 valence electrons. The lowest BCUT2D eigenvalue weighted by atomic mass is 9.94. The lowest BCUT2D eigenvalue weighted by Gasteiger charge is -2.22. The Kier molecular flexibility index (Phi) is 5.59. The highest BCUT2D eigenvalue weighted by Crippen LogP contribution is 2.30. The van der Waals surface area contributed by atoms with Crippen LogP contribution in [0.5, 0.6) is 5.75 Å². The highest BCUT2D eigenvalue weighted by atomic mass is 16.5. The first kappa shape index (κ1) is 15.8. The van der Waals surface area contributed by atoms with Crippen LogP contribution in [0.2, 0.25) is 0 Å². The number of carbonyl (C=O) groups excluding carboxylic acids is 1. The van der Waals surface area contributed by atoms with Crippen LogP contribution in [0.3, 0.4) is 0 Å². The number of benzene rings is 1. The van der Waals surface area contributed by atoms with Crippen LogP contribution >= 0.6 is 0 Å².